The van der Waals surface area contributed by atoms with E-state index in [0.717, 1.165) is 12.8 Å². The molecular weight excluding hydrogens is 254 g/mol. The van der Waals surface area contributed by atoms with Crippen LogP contribution >= 0.6 is 0 Å². The molecule has 1 fully saturated rings. The van der Waals surface area contributed by atoms with Crippen molar-refractivity contribution >= 4 is 15.9 Å². The third-order valence-electron chi connectivity index (χ3n) is 3.10. The fraction of sp³-hybridized carbons (Fsp3) is 0.600. The number of piperidine rings is 1. The molecule has 8 heteroatoms. The van der Waals surface area contributed by atoms with Gasteiger partial charge in [-0.2, -0.15) is 9.40 Å². The minimum atomic E-state index is -3.61. The van der Waals surface area contributed by atoms with Gasteiger partial charge >= 0.3 is 0 Å². The number of hydrogen-bond acceptors (Lipinski definition) is 4. The molecule has 1 aliphatic heterocycles. The highest BCUT2D eigenvalue weighted by molar-refractivity contribution is 7.89. The first kappa shape index (κ1) is 13.0. The maximum atomic E-state index is 12.4. The van der Waals surface area contributed by atoms with Crippen molar-refractivity contribution in [1.82, 2.24) is 14.1 Å². The van der Waals surface area contributed by atoms with Crippen LogP contribution in [0.2, 0.25) is 0 Å². The van der Waals surface area contributed by atoms with E-state index in [1.165, 1.54) is 21.4 Å². The molecule has 2 heterocycles. The van der Waals surface area contributed by atoms with Gasteiger partial charge in [-0.15, -0.1) is 0 Å². The number of rotatable bonds is 3. The third kappa shape index (κ3) is 2.25. The smallest absolute Gasteiger partial charge is 0.246 e. The maximum absolute atomic E-state index is 12.4. The average Bonchev–Trinajstić information content (AvgIpc) is 2.76. The van der Waals surface area contributed by atoms with Gasteiger partial charge in [0.1, 0.15) is 10.7 Å². The fourth-order valence-electron chi connectivity index (χ4n) is 2.17. The molecule has 1 atom stereocenters. The van der Waals surface area contributed by atoms with E-state index in [4.69, 9.17) is 11.1 Å². The Morgan fingerprint density at radius 2 is 2.28 bits per heavy atom. The molecule has 0 aromatic carbocycles. The van der Waals surface area contributed by atoms with Crippen LogP contribution in [0.5, 0.6) is 0 Å². The van der Waals surface area contributed by atoms with Crippen molar-refractivity contribution in [3.63, 3.8) is 0 Å². The van der Waals surface area contributed by atoms with Crippen LogP contribution in [0.15, 0.2) is 17.3 Å². The molecule has 18 heavy (non-hydrogen) atoms. The normalized spacial score (nSPS) is 21.9. The lowest BCUT2D eigenvalue weighted by molar-refractivity contribution is 0.303. The summed E-state index contributed by atoms with van der Waals surface area (Å²) in [6, 6.07) is -0.524. The summed E-state index contributed by atoms with van der Waals surface area (Å²) in [6.07, 6.45) is 5.07. The summed E-state index contributed by atoms with van der Waals surface area (Å²) < 4.78 is 27.6. The van der Waals surface area contributed by atoms with E-state index in [1.54, 1.807) is 7.05 Å². The van der Waals surface area contributed by atoms with Crippen molar-refractivity contribution < 1.29 is 8.42 Å². The number of hydrogen-bond donors (Lipinski definition) is 2. The second-order valence-electron chi connectivity index (χ2n) is 4.43. The van der Waals surface area contributed by atoms with Gasteiger partial charge in [-0.3, -0.25) is 10.1 Å². The summed E-state index contributed by atoms with van der Waals surface area (Å²) in [4.78, 5) is 0.151. The first-order chi connectivity index (χ1) is 8.43. The highest BCUT2D eigenvalue weighted by Crippen LogP contribution is 2.24. The second-order valence-corrected chi connectivity index (χ2v) is 6.32. The molecule has 0 aliphatic carbocycles. The predicted octanol–water partition coefficient (Wildman–Crippen LogP) is -0.101. The fourth-order valence-corrected chi connectivity index (χ4v) is 3.83. The van der Waals surface area contributed by atoms with Gasteiger partial charge in [-0.05, 0) is 12.8 Å². The van der Waals surface area contributed by atoms with Crippen LogP contribution in [0, 0.1) is 5.41 Å². The lowest BCUT2D eigenvalue weighted by atomic mass is 10.0. The molecule has 0 spiro atoms. The Morgan fingerprint density at radius 1 is 1.56 bits per heavy atom. The van der Waals surface area contributed by atoms with E-state index in [9.17, 15) is 8.42 Å². The van der Waals surface area contributed by atoms with Crippen LogP contribution in [0.25, 0.3) is 0 Å². The Labute approximate surface area is 106 Å². The van der Waals surface area contributed by atoms with E-state index in [1.807, 2.05) is 0 Å². The molecule has 0 bridgehead atoms. The molecule has 1 saturated heterocycles. The van der Waals surface area contributed by atoms with E-state index in [2.05, 4.69) is 5.10 Å². The van der Waals surface area contributed by atoms with E-state index in [0.29, 0.717) is 13.0 Å². The van der Waals surface area contributed by atoms with Gasteiger partial charge in [0.25, 0.3) is 0 Å². The molecule has 1 aliphatic rings. The minimum absolute atomic E-state index is 0.0952. The summed E-state index contributed by atoms with van der Waals surface area (Å²) in [7, 11) is -1.94. The molecule has 1 unspecified atom stereocenters. The van der Waals surface area contributed by atoms with Gasteiger partial charge in [-0.25, -0.2) is 8.42 Å². The van der Waals surface area contributed by atoms with Gasteiger partial charge in [-0.1, -0.05) is 6.42 Å². The molecule has 1 aromatic heterocycles. The number of aryl methyl sites for hydroxylation is 1. The van der Waals surface area contributed by atoms with Crippen molar-refractivity contribution in [1.29, 1.82) is 5.41 Å². The summed E-state index contributed by atoms with van der Waals surface area (Å²) in [6.45, 7) is 0.404. The van der Waals surface area contributed by atoms with Crippen LogP contribution in [0.3, 0.4) is 0 Å². The number of nitrogens with one attached hydrogen (secondary N) is 1. The largest absolute Gasteiger partial charge is 0.386 e. The molecule has 0 amide bonds. The Morgan fingerprint density at radius 3 is 2.83 bits per heavy atom. The average molecular weight is 271 g/mol. The van der Waals surface area contributed by atoms with Gasteiger partial charge in [0.2, 0.25) is 10.0 Å². The quantitative estimate of drug-likeness (QED) is 0.591. The van der Waals surface area contributed by atoms with E-state index < -0.39 is 16.1 Å². The van der Waals surface area contributed by atoms with Crippen molar-refractivity contribution in [2.45, 2.75) is 30.2 Å². The molecule has 1 aromatic rings. The maximum Gasteiger partial charge on any atom is 0.246 e. The first-order valence-corrected chi connectivity index (χ1v) is 7.21. The zero-order valence-electron chi connectivity index (χ0n) is 10.2. The van der Waals surface area contributed by atoms with Gasteiger partial charge in [0.05, 0.1) is 12.2 Å². The third-order valence-corrected chi connectivity index (χ3v) is 4.96. The first-order valence-electron chi connectivity index (χ1n) is 5.77. The summed E-state index contributed by atoms with van der Waals surface area (Å²) in [5, 5.41) is 11.4. The number of nitrogens with two attached hydrogens (primary N) is 1. The van der Waals surface area contributed by atoms with Crippen LogP contribution in [0.1, 0.15) is 19.3 Å². The Bertz CT molecular complexity index is 550. The molecule has 100 valence electrons. The Hall–Kier alpha value is -1.41. The van der Waals surface area contributed by atoms with Crippen molar-refractivity contribution in [2.75, 3.05) is 6.54 Å². The zero-order valence-corrected chi connectivity index (χ0v) is 11.0. The van der Waals surface area contributed by atoms with Crippen LogP contribution < -0.4 is 5.73 Å². The lowest BCUT2D eigenvalue weighted by Gasteiger charge is -2.33. The van der Waals surface area contributed by atoms with Gasteiger partial charge in [0, 0.05) is 19.8 Å². The SMILES string of the molecule is Cn1cc(S(=O)(=O)N2CCCCC2C(=N)N)cn1. The molecule has 7 nitrogen and oxygen atoms in total. The van der Waals surface area contributed by atoms with Crippen LogP contribution in [-0.4, -0.2) is 40.9 Å². The monoisotopic (exact) mass is 271 g/mol. The zero-order chi connectivity index (χ0) is 13.3. The Balaban J connectivity index is 2.36. The highest BCUT2D eigenvalue weighted by Gasteiger charge is 2.35. The van der Waals surface area contributed by atoms with E-state index in [-0.39, 0.29) is 10.7 Å². The summed E-state index contributed by atoms with van der Waals surface area (Å²) >= 11 is 0. The van der Waals surface area contributed by atoms with Gasteiger partial charge < -0.3 is 5.73 Å². The van der Waals surface area contributed by atoms with Crippen molar-refractivity contribution in [3.05, 3.63) is 12.4 Å². The standard InChI is InChI=1S/C10H17N5O2S/c1-14-7-8(6-13-14)18(16,17)15-5-3-2-4-9(15)10(11)12/h6-7,9H,2-5H2,1H3,(H3,11,12). The van der Waals surface area contributed by atoms with Crippen molar-refractivity contribution in [3.8, 4) is 0 Å². The second kappa shape index (κ2) is 4.69. The lowest BCUT2D eigenvalue weighted by Crippen LogP contribution is -2.50. The predicted molar refractivity (Wildman–Crippen MR) is 66.7 cm³/mol. The Kier molecular flexibility index (Phi) is 3.40. The van der Waals surface area contributed by atoms with Crippen LogP contribution in [0.4, 0.5) is 0 Å². The summed E-state index contributed by atoms with van der Waals surface area (Å²) in [5.41, 5.74) is 5.49. The topological polar surface area (TPSA) is 105 Å². The molecule has 0 saturated carbocycles. The minimum Gasteiger partial charge on any atom is -0.386 e. The summed E-state index contributed by atoms with van der Waals surface area (Å²) in [5.74, 6) is -0.0952. The van der Waals surface area contributed by atoms with Crippen LogP contribution in [-0.2, 0) is 17.1 Å². The highest BCUT2D eigenvalue weighted by atomic mass is 32.2. The molecule has 3 N–H and O–H groups in total. The number of sulfonamides is 1. The van der Waals surface area contributed by atoms with Gasteiger partial charge in [0.15, 0.2) is 0 Å². The molecule has 2 rings (SSSR count). The molecule has 0 radical (unpaired) electrons. The number of aromatic nitrogens is 2. The van der Waals surface area contributed by atoms with Crippen molar-refractivity contribution in [2.24, 2.45) is 12.8 Å². The molecular formula is C10H17N5O2S. The van der Waals surface area contributed by atoms with E-state index >= 15 is 0 Å². The number of amidine groups is 1. The number of nitrogens with zero attached hydrogens (tertiary/aromatic N) is 3.